The van der Waals surface area contributed by atoms with Crippen LogP contribution in [0.2, 0.25) is 0 Å². The van der Waals surface area contributed by atoms with Crippen molar-refractivity contribution in [3.05, 3.63) is 85.5 Å². The molecule has 0 N–H and O–H groups in total. The molecule has 4 aromatic rings. The first-order valence-corrected chi connectivity index (χ1v) is 9.62. The van der Waals surface area contributed by atoms with E-state index in [4.69, 9.17) is 9.61 Å². The number of imidazole rings is 2. The number of aryl methyl sites for hydroxylation is 2. The third kappa shape index (κ3) is 1.64. The molecule has 0 aliphatic carbocycles. The van der Waals surface area contributed by atoms with Gasteiger partial charge in [-0.1, -0.05) is 60.7 Å². The average Bonchev–Trinajstić information content (AvgIpc) is 3.36. The van der Waals surface area contributed by atoms with Crippen LogP contribution in [-0.4, -0.2) is 22.1 Å². The number of rotatable bonds is 2. The van der Waals surface area contributed by atoms with Gasteiger partial charge < -0.3 is 18.6 Å². The summed E-state index contributed by atoms with van der Waals surface area (Å²) in [5.41, 5.74) is 4.33. The molecule has 5 heterocycles. The first-order valence-electron chi connectivity index (χ1n) is 9.62. The van der Waals surface area contributed by atoms with Gasteiger partial charge in [0.15, 0.2) is 0 Å². The fourth-order valence-corrected chi connectivity index (χ4v) is 5.33. The lowest BCUT2D eigenvalue weighted by atomic mass is 9.34. The molecule has 2 aromatic carbocycles. The van der Waals surface area contributed by atoms with Crippen LogP contribution in [0.3, 0.4) is 0 Å². The Morgan fingerprint density at radius 1 is 0.643 bits per heavy atom. The number of nitrogens with zero attached hydrogens (tertiary/aromatic N) is 4. The number of fused-ring (bicyclic) bond motifs is 1. The van der Waals surface area contributed by atoms with Gasteiger partial charge in [0.05, 0.1) is 26.5 Å². The van der Waals surface area contributed by atoms with Crippen LogP contribution < -0.4 is 31.3 Å². The molecule has 0 spiro atoms. The molecule has 0 fully saturated rings. The van der Waals surface area contributed by atoms with E-state index in [0.717, 1.165) is 22.4 Å². The smallest absolute Gasteiger partial charge is 0.434 e. The summed E-state index contributed by atoms with van der Waals surface area (Å²) < 4.78 is 8.86. The summed E-state index contributed by atoms with van der Waals surface area (Å²) in [7, 11) is 4.14. The summed E-state index contributed by atoms with van der Waals surface area (Å²) in [6, 6.07) is 20.7. The zero-order valence-electron chi connectivity index (χ0n) is 15.8. The Morgan fingerprint density at radius 2 is 1.04 bits per heavy atom. The second kappa shape index (κ2) is 5.25. The average molecular weight is 370 g/mol. The van der Waals surface area contributed by atoms with E-state index in [0.29, 0.717) is 0 Å². The van der Waals surface area contributed by atoms with Gasteiger partial charge in [0.2, 0.25) is 0 Å². The molecule has 0 saturated carbocycles. The molecule has 3 aliphatic rings. The highest BCUT2D eigenvalue weighted by Crippen LogP contribution is 2.19. The van der Waals surface area contributed by atoms with Crippen LogP contribution in [0.25, 0.3) is 0 Å². The topological polar surface area (TPSA) is 36.1 Å². The lowest BCUT2D eigenvalue weighted by Gasteiger charge is -2.55. The Hall–Kier alpha value is -3.09. The van der Waals surface area contributed by atoms with Gasteiger partial charge in [-0.25, -0.2) is 0 Å². The highest BCUT2D eigenvalue weighted by molar-refractivity contribution is 6.98. The number of hydrogen-bond donors (Lipinski definition) is 0. The van der Waals surface area contributed by atoms with Crippen LogP contribution in [0.15, 0.2) is 85.5 Å². The monoisotopic (exact) mass is 370 g/mol. The minimum atomic E-state index is -1.77. The first-order chi connectivity index (χ1) is 13.7. The maximum Gasteiger partial charge on any atom is 0.465 e. The maximum absolute atomic E-state index is 6.41. The summed E-state index contributed by atoms with van der Waals surface area (Å²) in [4.78, 5) is 12.8. The van der Waals surface area contributed by atoms with E-state index < -0.39 is 13.0 Å². The molecule has 2 aromatic heterocycles. The quantitative estimate of drug-likeness (QED) is 0.316. The minimum absolute atomic E-state index is 1.08. The highest BCUT2D eigenvalue weighted by Gasteiger charge is 2.65. The molecular weight excluding hydrogens is 350 g/mol. The lowest BCUT2D eigenvalue weighted by Crippen LogP contribution is -3.07. The molecule has 8 heteroatoms. The molecule has 2 atom stereocenters. The van der Waals surface area contributed by atoms with Crippen molar-refractivity contribution in [3.63, 3.8) is 0 Å². The van der Waals surface area contributed by atoms with Crippen molar-refractivity contribution < 1.29 is 18.6 Å². The zero-order chi connectivity index (χ0) is 18.9. The summed E-state index contributed by atoms with van der Waals surface area (Å²) in [6.45, 7) is -3.54. The molecule has 0 unspecified atom stereocenters. The Balaban J connectivity index is 1.79. The molecule has 0 amide bonds. The normalized spacial score (nSPS) is 24.8. The van der Waals surface area contributed by atoms with Gasteiger partial charge in [-0.2, -0.15) is 0 Å². The van der Waals surface area contributed by atoms with E-state index in [2.05, 4.69) is 81.2 Å². The molecular formula is C20H20B2N4O2. The number of aromatic nitrogens is 4. The molecule has 6 nitrogen and oxygen atoms in total. The van der Waals surface area contributed by atoms with Crippen molar-refractivity contribution in [2.24, 2.45) is 14.1 Å². The second-order valence-corrected chi connectivity index (χ2v) is 7.85. The van der Waals surface area contributed by atoms with Crippen LogP contribution in [0.1, 0.15) is 0 Å². The molecule has 2 bridgehead atoms. The third-order valence-electron chi connectivity index (χ3n) is 6.47. The summed E-state index contributed by atoms with van der Waals surface area (Å²) >= 11 is 0. The largest absolute Gasteiger partial charge is 0.465 e. The van der Waals surface area contributed by atoms with Crippen LogP contribution in [0.4, 0.5) is 0 Å². The van der Waals surface area contributed by atoms with E-state index in [-0.39, 0.29) is 0 Å². The van der Waals surface area contributed by atoms with Gasteiger partial charge in [0, 0.05) is 0 Å². The molecule has 0 saturated heterocycles. The van der Waals surface area contributed by atoms with Crippen LogP contribution in [0.5, 0.6) is 0 Å². The third-order valence-corrected chi connectivity index (χ3v) is 6.47. The SMILES string of the molecule is Cn1cc[n+]2c1[B@-]1(c3ccccc3)OO[B@@-]2(c2ccccc2)c2n(C)cc[n+]21. The Labute approximate surface area is 163 Å². The van der Waals surface area contributed by atoms with E-state index in [1.165, 1.54) is 0 Å². The zero-order valence-corrected chi connectivity index (χ0v) is 15.8. The Bertz CT molecular complexity index is 1110. The predicted molar refractivity (Wildman–Crippen MR) is 107 cm³/mol. The minimum Gasteiger partial charge on any atom is -0.434 e. The van der Waals surface area contributed by atoms with E-state index in [9.17, 15) is 0 Å². The summed E-state index contributed by atoms with van der Waals surface area (Å²) in [6.07, 6.45) is 8.39. The van der Waals surface area contributed by atoms with Crippen molar-refractivity contribution in [3.8, 4) is 0 Å². The van der Waals surface area contributed by atoms with Crippen molar-refractivity contribution >= 4 is 35.3 Å². The van der Waals surface area contributed by atoms with Gasteiger partial charge in [-0.3, -0.25) is 9.13 Å². The van der Waals surface area contributed by atoms with Gasteiger partial charge in [0.1, 0.15) is 23.8 Å². The number of hydrogen-bond acceptors (Lipinski definition) is 2. The van der Waals surface area contributed by atoms with Crippen molar-refractivity contribution in [2.75, 3.05) is 0 Å². The van der Waals surface area contributed by atoms with Gasteiger partial charge in [-0.05, 0) is 0 Å². The van der Waals surface area contributed by atoms with Gasteiger partial charge >= 0.3 is 13.0 Å². The van der Waals surface area contributed by atoms with Crippen molar-refractivity contribution in [2.45, 2.75) is 0 Å². The van der Waals surface area contributed by atoms with E-state index in [1.807, 2.05) is 36.4 Å². The summed E-state index contributed by atoms with van der Waals surface area (Å²) in [5, 5.41) is 0. The first kappa shape index (κ1) is 15.9. The van der Waals surface area contributed by atoms with Crippen LogP contribution >= 0.6 is 0 Å². The fraction of sp³-hybridized carbons (Fsp3) is 0.100. The number of benzene rings is 2. The van der Waals surface area contributed by atoms with E-state index in [1.54, 1.807) is 0 Å². The van der Waals surface area contributed by atoms with Gasteiger partial charge in [-0.15, -0.1) is 10.9 Å². The maximum atomic E-state index is 6.41. The van der Waals surface area contributed by atoms with Crippen molar-refractivity contribution in [1.29, 1.82) is 0 Å². The molecule has 28 heavy (non-hydrogen) atoms. The second-order valence-electron chi connectivity index (χ2n) is 7.85. The predicted octanol–water partition coefficient (Wildman–Crippen LogP) is -1.58. The highest BCUT2D eigenvalue weighted by atomic mass is 17.2. The molecule has 3 aliphatic heterocycles. The van der Waals surface area contributed by atoms with Crippen molar-refractivity contribution in [1.82, 2.24) is 9.13 Å². The summed E-state index contributed by atoms with van der Waals surface area (Å²) in [5.74, 6) is 0. The van der Waals surface area contributed by atoms with Crippen LogP contribution in [0, 0.1) is 0 Å². The fourth-order valence-electron chi connectivity index (χ4n) is 5.33. The van der Waals surface area contributed by atoms with E-state index >= 15 is 0 Å². The van der Waals surface area contributed by atoms with Gasteiger partial charge in [0.25, 0.3) is 0 Å². The molecule has 7 rings (SSSR count). The molecule has 0 radical (unpaired) electrons. The van der Waals surface area contributed by atoms with Crippen LogP contribution in [-0.2, 0) is 23.7 Å². The Kier molecular flexibility index (Phi) is 2.98. The standard InChI is InChI=1S/C20H20B2N4O2/c1-23-13-15-25-19(23)21(17-9-5-3-6-10-17)26-16-14-24(2)20(26)22(25,28-27-21)18-11-7-4-8-12-18/h3-16H,1-2H3/t21-,22-/m0/s1. The molecule has 138 valence electrons. The Morgan fingerprint density at radius 3 is 1.43 bits per heavy atom. The lowest BCUT2D eigenvalue weighted by molar-refractivity contribution is -0.631.